The second-order valence-corrected chi connectivity index (χ2v) is 9.86. The molecule has 1 aliphatic heterocycles. The van der Waals surface area contributed by atoms with Crippen LogP contribution in [0.1, 0.15) is 56.7 Å². The molecule has 1 aliphatic rings. The number of rotatable bonds is 7. The topological polar surface area (TPSA) is 136 Å². The van der Waals surface area contributed by atoms with Crippen LogP contribution in [-0.4, -0.2) is 55.5 Å². The van der Waals surface area contributed by atoms with Crippen molar-refractivity contribution in [3.63, 3.8) is 0 Å². The number of aromatic nitrogens is 5. The van der Waals surface area contributed by atoms with Crippen molar-refractivity contribution < 1.29 is 9.53 Å². The van der Waals surface area contributed by atoms with E-state index in [4.69, 9.17) is 10.5 Å². The molecular weight excluding hydrogens is 468 g/mol. The molecule has 37 heavy (non-hydrogen) atoms. The van der Waals surface area contributed by atoms with Crippen LogP contribution in [0.15, 0.2) is 42.9 Å². The Bertz CT molecular complexity index is 1330. The van der Waals surface area contributed by atoms with Crippen LogP contribution < -0.4 is 10.5 Å². The zero-order valence-electron chi connectivity index (χ0n) is 21.7. The minimum Gasteiger partial charge on any atom is -0.490 e. The molecule has 4 rings (SSSR count). The van der Waals surface area contributed by atoms with E-state index in [1.807, 2.05) is 54.6 Å². The third-order valence-electron chi connectivity index (χ3n) is 6.80. The lowest BCUT2D eigenvalue weighted by molar-refractivity contribution is -0.130. The van der Waals surface area contributed by atoms with Gasteiger partial charge in [0, 0.05) is 55.3 Å². The van der Waals surface area contributed by atoms with Crippen LogP contribution in [0.3, 0.4) is 0 Å². The van der Waals surface area contributed by atoms with Gasteiger partial charge in [-0.1, -0.05) is 25.1 Å². The van der Waals surface area contributed by atoms with Gasteiger partial charge in [-0.3, -0.25) is 14.8 Å². The Morgan fingerprint density at radius 3 is 2.68 bits per heavy atom. The molecule has 3 aromatic heterocycles. The molecule has 192 valence electrons. The van der Waals surface area contributed by atoms with E-state index in [1.54, 1.807) is 19.3 Å². The molecule has 10 heteroatoms. The predicted octanol–water partition coefficient (Wildman–Crippen LogP) is 3.41. The van der Waals surface area contributed by atoms with Crippen LogP contribution >= 0.6 is 0 Å². The summed E-state index contributed by atoms with van der Waals surface area (Å²) in [4.78, 5) is 22.5. The average Bonchev–Trinajstić information content (AvgIpc) is 3.30. The number of pyridine rings is 2. The van der Waals surface area contributed by atoms with Crippen molar-refractivity contribution in [3.8, 4) is 23.1 Å². The fraction of sp³-hybridized carbons (Fsp3) is 0.407. The van der Waals surface area contributed by atoms with Crippen molar-refractivity contribution in [2.24, 2.45) is 5.73 Å². The van der Waals surface area contributed by atoms with Gasteiger partial charge in [-0.15, -0.1) is 5.10 Å². The first-order chi connectivity index (χ1) is 17.7. The van der Waals surface area contributed by atoms with Crippen LogP contribution in [0.2, 0.25) is 0 Å². The number of nitrogens with zero attached hydrogens (tertiary/aromatic N) is 7. The van der Waals surface area contributed by atoms with Gasteiger partial charge in [0.15, 0.2) is 0 Å². The maximum atomic E-state index is 11.7. The quantitative estimate of drug-likeness (QED) is 0.488. The van der Waals surface area contributed by atoms with Gasteiger partial charge in [-0.25, -0.2) is 4.68 Å². The lowest BCUT2D eigenvalue weighted by Crippen LogP contribution is -2.38. The summed E-state index contributed by atoms with van der Waals surface area (Å²) in [5.74, 6) is 0.533. The van der Waals surface area contributed by atoms with E-state index in [-0.39, 0.29) is 22.9 Å². The number of nitrogens with two attached hydrogens (primary N) is 1. The standard InChI is InChI=1S/C27H32N8O2/c1-18-25(32-33-35(18)22-8-11-34(12-9-22)19(2)36)20-13-23(26(31-16-20)21(14-28)15-29)37-17-27(3,4)24-7-5-6-10-30-24/h5-7,10,13-14,16,22H,8-9,11-12,17,28H2,1-4H3/b21-14-. The zero-order valence-corrected chi connectivity index (χ0v) is 21.7. The van der Waals surface area contributed by atoms with Crippen molar-refractivity contribution in [2.75, 3.05) is 19.7 Å². The molecule has 0 bridgehead atoms. The number of carbonyl (C=O) groups is 1. The molecule has 0 unspecified atom stereocenters. The Labute approximate surface area is 216 Å². The fourth-order valence-electron chi connectivity index (χ4n) is 4.53. The van der Waals surface area contributed by atoms with Gasteiger partial charge in [0.25, 0.3) is 0 Å². The van der Waals surface area contributed by atoms with Crippen molar-refractivity contribution in [2.45, 2.75) is 52.0 Å². The van der Waals surface area contributed by atoms with Crippen molar-refractivity contribution in [1.82, 2.24) is 29.9 Å². The molecule has 1 saturated heterocycles. The van der Waals surface area contributed by atoms with Gasteiger partial charge in [-0.2, -0.15) is 5.26 Å². The summed E-state index contributed by atoms with van der Waals surface area (Å²) in [6.07, 6.45) is 6.29. The second kappa shape index (κ2) is 10.8. The highest BCUT2D eigenvalue weighted by molar-refractivity contribution is 5.79. The molecule has 0 saturated carbocycles. The first-order valence-electron chi connectivity index (χ1n) is 12.3. The number of likely N-dealkylation sites (tertiary alicyclic amines) is 1. The fourth-order valence-corrected chi connectivity index (χ4v) is 4.53. The normalized spacial score (nSPS) is 14.9. The van der Waals surface area contributed by atoms with Crippen LogP contribution in [0, 0.1) is 18.3 Å². The number of allylic oxidation sites excluding steroid dienone is 1. The molecule has 0 aliphatic carbocycles. The second-order valence-electron chi connectivity index (χ2n) is 9.86. The maximum absolute atomic E-state index is 11.7. The zero-order chi connectivity index (χ0) is 26.6. The van der Waals surface area contributed by atoms with Crippen molar-refractivity contribution in [1.29, 1.82) is 5.26 Å². The summed E-state index contributed by atoms with van der Waals surface area (Å²) >= 11 is 0. The molecular formula is C27H32N8O2. The van der Waals surface area contributed by atoms with E-state index in [0.29, 0.717) is 36.8 Å². The number of hydrogen-bond donors (Lipinski definition) is 1. The lowest BCUT2D eigenvalue weighted by atomic mass is 9.90. The molecule has 10 nitrogen and oxygen atoms in total. The van der Waals surface area contributed by atoms with E-state index in [9.17, 15) is 10.1 Å². The van der Waals surface area contributed by atoms with Crippen LogP contribution in [-0.2, 0) is 10.2 Å². The monoisotopic (exact) mass is 500 g/mol. The summed E-state index contributed by atoms with van der Waals surface area (Å²) in [7, 11) is 0. The lowest BCUT2D eigenvalue weighted by Gasteiger charge is -2.31. The van der Waals surface area contributed by atoms with Crippen LogP contribution in [0.25, 0.3) is 16.8 Å². The highest BCUT2D eigenvalue weighted by Gasteiger charge is 2.27. The Kier molecular flexibility index (Phi) is 7.53. The number of carbonyl (C=O) groups excluding carboxylic acids is 1. The first-order valence-corrected chi connectivity index (χ1v) is 12.3. The minimum absolute atomic E-state index is 0.0997. The number of nitriles is 1. The first kappa shape index (κ1) is 25.8. The predicted molar refractivity (Wildman–Crippen MR) is 139 cm³/mol. The van der Waals surface area contributed by atoms with Gasteiger partial charge < -0.3 is 15.4 Å². The Morgan fingerprint density at radius 2 is 2.05 bits per heavy atom. The van der Waals surface area contributed by atoms with Gasteiger partial charge in [0.1, 0.15) is 23.2 Å². The molecule has 0 radical (unpaired) electrons. The highest BCUT2D eigenvalue weighted by atomic mass is 16.5. The Hall–Kier alpha value is -4.26. The molecule has 0 atom stereocenters. The largest absolute Gasteiger partial charge is 0.490 e. The smallest absolute Gasteiger partial charge is 0.219 e. The molecule has 0 spiro atoms. The summed E-state index contributed by atoms with van der Waals surface area (Å²) < 4.78 is 8.19. The van der Waals surface area contributed by atoms with E-state index >= 15 is 0 Å². The van der Waals surface area contributed by atoms with Crippen LogP contribution in [0.5, 0.6) is 5.75 Å². The summed E-state index contributed by atoms with van der Waals surface area (Å²) in [6, 6.07) is 9.87. The molecule has 2 N–H and O–H groups in total. The van der Waals surface area contributed by atoms with Crippen molar-refractivity contribution >= 4 is 11.5 Å². The highest BCUT2D eigenvalue weighted by Crippen LogP contribution is 2.33. The number of hydrogen-bond acceptors (Lipinski definition) is 8. The molecule has 3 aromatic rings. The third-order valence-corrected chi connectivity index (χ3v) is 6.80. The number of piperidine rings is 1. The summed E-state index contributed by atoms with van der Waals surface area (Å²) in [6.45, 7) is 9.39. The van der Waals surface area contributed by atoms with E-state index in [2.05, 4.69) is 26.3 Å². The SMILES string of the molecule is CC(=O)N1CCC(n2nnc(-c3cnc(/C(C#N)=C\N)c(OCC(C)(C)c4ccccn4)c3)c2C)CC1. The molecule has 1 fully saturated rings. The van der Waals surface area contributed by atoms with Crippen molar-refractivity contribution in [3.05, 3.63) is 59.9 Å². The number of ether oxygens (including phenoxy) is 1. The van der Waals surface area contributed by atoms with E-state index < -0.39 is 0 Å². The van der Waals surface area contributed by atoms with E-state index in [0.717, 1.165) is 29.8 Å². The van der Waals surface area contributed by atoms with Gasteiger partial charge in [0.05, 0.1) is 23.9 Å². The summed E-state index contributed by atoms with van der Waals surface area (Å²) in [5, 5.41) is 18.5. The molecule has 0 aromatic carbocycles. The van der Waals surface area contributed by atoms with Gasteiger partial charge in [-0.05, 0) is 38.0 Å². The van der Waals surface area contributed by atoms with E-state index in [1.165, 1.54) is 6.20 Å². The third kappa shape index (κ3) is 5.45. The molecule has 1 amide bonds. The Morgan fingerprint density at radius 1 is 1.30 bits per heavy atom. The molecule has 4 heterocycles. The number of amides is 1. The Balaban J connectivity index is 1.62. The van der Waals surface area contributed by atoms with Gasteiger partial charge in [0.2, 0.25) is 5.91 Å². The minimum atomic E-state index is -0.387. The van der Waals surface area contributed by atoms with Crippen LogP contribution in [0.4, 0.5) is 0 Å². The van der Waals surface area contributed by atoms with Gasteiger partial charge >= 0.3 is 0 Å². The average molecular weight is 501 g/mol. The maximum Gasteiger partial charge on any atom is 0.219 e. The summed E-state index contributed by atoms with van der Waals surface area (Å²) in [5.41, 5.74) is 9.13.